The van der Waals surface area contributed by atoms with Gasteiger partial charge < -0.3 is 10.1 Å². The lowest BCUT2D eigenvalue weighted by Gasteiger charge is -2.18. The zero-order valence-electron chi connectivity index (χ0n) is 16.3. The van der Waals surface area contributed by atoms with Crippen LogP contribution in [0.15, 0.2) is 78.9 Å². The zero-order valence-corrected chi connectivity index (χ0v) is 17.1. The molecule has 152 valence electrons. The van der Waals surface area contributed by atoms with Gasteiger partial charge in [-0.25, -0.2) is 0 Å². The number of amides is 1. The van der Waals surface area contributed by atoms with E-state index in [1.54, 1.807) is 60.7 Å². The molecule has 0 heterocycles. The predicted molar refractivity (Wildman–Crippen MR) is 115 cm³/mol. The number of carbonyl (C=O) groups is 3. The molecule has 0 aromatic heterocycles. The number of carbonyl (C=O) groups excluding carboxylic acids is 3. The summed E-state index contributed by atoms with van der Waals surface area (Å²) in [7, 11) is 0. The first kappa shape index (κ1) is 21.3. The van der Waals surface area contributed by atoms with Crippen molar-refractivity contribution in [2.75, 3.05) is 6.54 Å². The zero-order chi connectivity index (χ0) is 21.5. The van der Waals surface area contributed by atoms with Crippen LogP contribution in [0.3, 0.4) is 0 Å². The molecule has 0 radical (unpaired) electrons. The average Bonchev–Trinajstić information content (AvgIpc) is 2.77. The highest BCUT2D eigenvalue weighted by atomic mass is 35.5. The first-order valence-corrected chi connectivity index (χ1v) is 9.71. The SMILES string of the molecule is Cc1ccc(C(=O)[C@@H](OC(=O)CNC(=O)c2ccc(Cl)cc2)c2ccccc2)cc1. The fraction of sp³-hybridized carbons (Fsp3) is 0.125. The molecule has 3 aromatic carbocycles. The Bertz CT molecular complexity index is 1030. The van der Waals surface area contributed by atoms with Crippen molar-refractivity contribution < 1.29 is 19.1 Å². The Morgan fingerprint density at radius 2 is 1.47 bits per heavy atom. The highest BCUT2D eigenvalue weighted by Crippen LogP contribution is 2.23. The minimum atomic E-state index is -1.10. The highest BCUT2D eigenvalue weighted by Gasteiger charge is 2.26. The Balaban J connectivity index is 1.70. The number of Topliss-reactive ketones (excluding diaryl/α,β-unsaturated/α-hetero) is 1. The minimum Gasteiger partial charge on any atom is -0.448 e. The smallest absolute Gasteiger partial charge is 0.326 e. The molecule has 6 heteroatoms. The van der Waals surface area contributed by atoms with Crippen molar-refractivity contribution in [1.82, 2.24) is 5.32 Å². The van der Waals surface area contributed by atoms with E-state index in [1.165, 1.54) is 0 Å². The molecule has 0 aliphatic carbocycles. The van der Waals surface area contributed by atoms with E-state index in [2.05, 4.69) is 5.32 Å². The second-order valence-corrected chi connectivity index (χ2v) is 7.14. The maximum absolute atomic E-state index is 13.0. The van der Waals surface area contributed by atoms with Crippen molar-refractivity contribution in [2.24, 2.45) is 0 Å². The number of nitrogens with one attached hydrogen (secondary N) is 1. The van der Waals surface area contributed by atoms with Gasteiger partial charge in [-0.15, -0.1) is 0 Å². The molecule has 0 bridgehead atoms. The second kappa shape index (κ2) is 9.85. The van der Waals surface area contributed by atoms with Crippen LogP contribution in [-0.2, 0) is 9.53 Å². The third-order valence-corrected chi connectivity index (χ3v) is 4.68. The average molecular weight is 422 g/mol. The van der Waals surface area contributed by atoms with Crippen molar-refractivity contribution in [3.05, 3.63) is 106 Å². The summed E-state index contributed by atoms with van der Waals surface area (Å²) in [4.78, 5) is 37.6. The predicted octanol–water partition coefficient (Wildman–Crippen LogP) is 4.55. The van der Waals surface area contributed by atoms with E-state index in [1.807, 2.05) is 25.1 Å². The monoisotopic (exact) mass is 421 g/mol. The van der Waals surface area contributed by atoms with Crippen LogP contribution in [0.25, 0.3) is 0 Å². The molecular formula is C24H20ClNO4. The Morgan fingerprint density at radius 1 is 0.867 bits per heavy atom. The molecule has 0 fully saturated rings. The van der Waals surface area contributed by atoms with Crippen molar-refractivity contribution in [1.29, 1.82) is 0 Å². The van der Waals surface area contributed by atoms with Gasteiger partial charge in [-0.3, -0.25) is 14.4 Å². The molecule has 0 unspecified atom stereocenters. The topological polar surface area (TPSA) is 72.5 Å². The van der Waals surface area contributed by atoms with E-state index >= 15 is 0 Å². The Hall–Kier alpha value is -3.44. The van der Waals surface area contributed by atoms with Crippen LogP contribution in [0.2, 0.25) is 5.02 Å². The van der Waals surface area contributed by atoms with Crippen LogP contribution >= 0.6 is 11.6 Å². The van der Waals surface area contributed by atoms with Crippen LogP contribution in [0.5, 0.6) is 0 Å². The largest absolute Gasteiger partial charge is 0.448 e. The van der Waals surface area contributed by atoms with E-state index in [4.69, 9.17) is 16.3 Å². The van der Waals surface area contributed by atoms with Crippen molar-refractivity contribution in [3.63, 3.8) is 0 Å². The van der Waals surface area contributed by atoms with Gasteiger partial charge in [-0.05, 0) is 31.2 Å². The summed E-state index contributed by atoms with van der Waals surface area (Å²) in [5.74, 6) is -1.49. The van der Waals surface area contributed by atoms with Gasteiger partial charge in [0, 0.05) is 21.7 Å². The lowest BCUT2D eigenvalue weighted by molar-refractivity contribution is -0.146. The molecule has 1 N–H and O–H groups in total. The van der Waals surface area contributed by atoms with Gasteiger partial charge >= 0.3 is 5.97 Å². The summed E-state index contributed by atoms with van der Waals surface area (Å²) in [6, 6.07) is 22.1. The van der Waals surface area contributed by atoms with Gasteiger partial charge in [0.15, 0.2) is 6.10 Å². The van der Waals surface area contributed by atoms with Crippen LogP contribution in [0.1, 0.15) is 37.9 Å². The molecule has 0 saturated heterocycles. The molecule has 30 heavy (non-hydrogen) atoms. The summed E-state index contributed by atoms with van der Waals surface area (Å²) < 4.78 is 5.46. The summed E-state index contributed by atoms with van der Waals surface area (Å²) in [5, 5.41) is 3.00. The third kappa shape index (κ3) is 5.55. The molecule has 1 atom stereocenters. The minimum absolute atomic E-state index is 0.335. The lowest BCUT2D eigenvalue weighted by atomic mass is 9.99. The summed E-state index contributed by atoms with van der Waals surface area (Å²) >= 11 is 5.81. The number of rotatable bonds is 7. The van der Waals surface area contributed by atoms with Gasteiger partial charge in [-0.1, -0.05) is 71.8 Å². The number of benzene rings is 3. The first-order chi connectivity index (χ1) is 14.4. The highest BCUT2D eigenvalue weighted by molar-refractivity contribution is 6.30. The number of halogens is 1. The molecule has 0 spiro atoms. The van der Waals surface area contributed by atoms with Crippen molar-refractivity contribution in [3.8, 4) is 0 Å². The van der Waals surface area contributed by atoms with Crippen LogP contribution in [-0.4, -0.2) is 24.2 Å². The first-order valence-electron chi connectivity index (χ1n) is 9.33. The molecule has 3 aromatic rings. The Kier molecular flexibility index (Phi) is 6.99. The van der Waals surface area contributed by atoms with E-state index in [0.29, 0.717) is 21.7 Å². The number of hydrogen-bond acceptors (Lipinski definition) is 4. The molecular weight excluding hydrogens is 402 g/mol. The second-order valence-electron chi connectivity index (χ2n) is 6.70. The standard InChI is InChI=1S/C24H20ClNO4/c1-16-7-9-17(10-8-16)22(28)23(18-5-3-2-4-6-18)30-21(27)15-26-24(29)19-11-13-20(25)14-12-19/h2-14,23H,15H2,1H3,(H,26,29)/t23-/m0/s1. The third-order valence-electron chi connectivity index (χ3n) is 4.43. The lowest BCUT2D eigenvalue weighted by Crippen LogP contribution is -2.32. The maximum Gasteiger partial charge on any atom is 0.326 e. The number of ether oxygens (including phenoxy) is 1. The maximum atomic E-state index is 13.0. The quantitative estimate of drug-likeness (QED) is 0.449. The molecule has 0 saturated carbocycles. The number of hydrogen-bond donors (Lipinski definition) is 1. The van der Waals surface area contributed by atoms with Crippen LogP contribution in [0, 0.1) is 6.92 Å². The molecule has 3 rings (SSSR count). The molecule has 1 amide bonds. The number of ketones is 1. The summed E-state index contributed by atoms with van der Waals surface area (Å²) in [6.07, 6.45) is -1.10. The van der Waals surface area contributed by atoms with Gasteiger partial charge in [0.25, 0.3) is 5.91 Å². The molecule has 0 aliphatic rings. The van der Waals surface area contributed by atoms with Crippen LogP contribution in [0.4, 0.5) is 0 Å². The van der Waals surface area contributed by atoms with E-state index in [-0.39, 0.29) is 12.3 Å². The van der Waals surface area contributed by atoms with Gasteiger partial charge in [-0.2, -0.15) is 0 Å². The van der Waals surface area contributed by atoms with Crippen LogP contribution < -0.4 is 5.32 Å². The fourth-order valence-electron chi connectivity index (χ4n) is 2.80. The molecule has 5 nitrogen and oxygen atoms in total. The van der Waals surface area contributed by atoms with E-state index in [9.17, 15) is 14.4 Å². The summed E-state index contributed by atoms with van der Waals surface area (Å²) in [6.45, 7) is 1.55. The molecule has 0 aliphatic heterocycles. The normalized spacial score (nSPS) is 11.4. The number of esters is 1. The van der Waals surface area contributed by atoms with Gasteiger partial charge in [0.2, 0.25) is 5.78 Å². The fourth-order valence-corrected chi connectivity index (χ4v) is 2.92. The van der Waals surface area contributed by atoms with E-state index < -0.39 is 18.0 Å². The number of aryl methyl sites for hydroxylation is 1. The van der Waals surface area contributed by atoms with Crippen molar-refractivity contribution in [2.45, 2.75) is 13.0 Å². The van der Waals surface area contributed by atoms with Gasteiger partial charge in [0.1, 0.15) is 6.54 Å². The Labute approximate surface area is 179 Å². The van der Waals surface area contributed by atoms with Gasteiger partial charge in [0.05, 0.1) is 0 Å². The summed E-state index contributed by atoms with van der Waals surface area (Å²) in [5.41, 5.74) is 2.38. The van der Waals surface area contributed by atoms with E-state index in [0.717, 1.165) is 5.56 Å². The van der Waals surface area contributed by atoms with Crippen molar-refractivity contribution >= 4 is 29.3 Å². The Morgan fingerprint density at radius 3 is 2.10 bits per heavy atom.